The molecule has 3 aromatic rings. The van der Waals surface area contributed by atoms with Crippen molar-refractivity contribution in [2.45, 2.75) is 12.5 Å². The summed E-state index contributed by atoms with van der Waals surface area (Å²) in [6.45, 7) is 1.66. The fourth-order valence-corrected chi connectivity index (χ4v) is 2.94. The maximum absolute atomic E-state index is 13.6. The molecule has 0 aliphatic rings. The minimum absolute atomic E-state index is 0.0158. The Labute approximate surface area is 130 Å². The first kappa shape index (κ1) is 14.7. The molecule has 2 aromatic heterocycles. The number of hydrogen-bond acceptors (Lipinski definition) is 4. The summed E-state index contributed by atoms with van der Waals surface area (Å²) >= 11 is 1.41. The third kappa shape index (κ3) is 2.75. The molecule has 0 aliphatic heterocycles. The van der Waals surface area contributed by atoms with Gasteiger partial charge in [-0.25, -0.2) is 4.39 Å². The van der Waals surface area contributed by atoms with Crippen LogP contribution in [0, 0.1) is 5.82 Å². The number of carbonyl (C=O) groups is 1. The van der Waals surface area contributed by atoms with Crippen LogP contribution in [0.25, 0.3) is 11.0 Å². The van der Waals surface area contributed by atoms with E-state index in [9.17, 15) is 14.3 Å². The van der Waals surface area contributed by atoms with Gasteiger partial charge in [-0.1, -0.05) is 18.2 Å². The zero-order chi connectivity index (χ0) is 15.7. The van der Waals surface area contributed by atoms with E-state index in [4.69, 9.17) is 4.42 Å². The van der Waals surface area contributed by atoms with Crippen molar-refractivity contribution in [3.63, 3.8) is 0 Å². The predicted molar refractivity (Wildman–Crippen MR) is 82.4 cm³/mol. The predicted octanol–water partition coefficient (Wildman–Crippen LogP) is 3.27. The van der Waals surface area contributed by atoms with Crippen LogP contribution in [0.2, 0.25) is 0 Å². The Morgan fingerprint density at radius 2 is 2.23 bits per heavy atom. The highest BCUT2D eigenvalue weighted by Crippen LogP contribution is 2.25. The zero-order valence-electron chi connectivity index (χ0n) is 11.8. The fourth-order valence-electron chi connectivity index (χ4n) is 2.15. The second kappa shape index (κ2) is 5.55. The van der Waals surface area contributed by atoms with Crippen molar-refractivity contribution < 1.29 is 18.7 Å². The molecule has 0 saturated heterocycles. The van der Waals surface area contributed by atoms with Crippen LogP contribution in [0.1, 0.15) is 22.4 Å². The molecular formula is C16H14FNO3S. The maximum atomic E-state index is 13.6. The largest absolute Gasteiger partial charge is 0.448 e. The van der Waals surface area contributed by atoms with Gasteiger partial charge in [-0.3, -0.25) is 4.79 Å². The molecule has 6 heteroatoms. The highest BCUT2D eigenvalue weighted by molar-refractivity contribution is 7.10. The van der Waals surface area contributed by atoms with E-state index in [0.717, 1.165) is 4.88 Å². The van der Waals surface area contributed by atoms with Crippen molar-refractivity contribution in [2.24, 2.45) is 0 Å². The minimum atomic E-state index is -1.17. The summed E-state index contributed by atoms with van der Waals surface area (Å²) in [6, 6.07) is 9.60. The number of para-hydroxylation sites is 1. The minimum Gasteiger partial charge on any atom is -0.448 e. The van der Waals surface area contributed by atoms with Crippen LogP contribution in [0.15, 0.2) is 46.2 Å². The van der Waals surface area contributed by atoms with E-state index in [2.05, 4.69) is 5.32 Å². The third-order valence-electron chi connectivity index (χ3n) is 3.37. The maximum Gasteiger partial charge on any atom is 0.287 e. The van der Waals surface area contributed by atoms with Gasteiger partial charge in [-0.2, -0.15) is 0 Å². The Morgan fingerprint density at radius 1 is 1.41 bits per heavy atom. The molecule has 2 heterocycles. The number of halogens is 1. The van der Waals surface area contributed by atoms with Gasteiger partial charge in [0.05, 0.1) is 6.54 Å². The lowest BCUT2D eigenvalue weighted by Crippen LogP contribution is -2.37. The number of aliphatic hydroxyl groups is 1. The number of fused-ring (bicyclic) bond motifs is 1. The van der Waals surface area contributed by atoms with Crippen LogP contribution in [-0.4, -0.2) is 17.6 Å². The Bertz CT molecular complexity index is 808. The van der Waals surface area contributed by atoms with E-state index in [1.807, 2.05) is 11.4 Å². The van der Waals surface area contributed by atoms with E-state index in [1.54, 1.807) is 25.1 Å². The Kier molecular flexibility index (Phi) is 3.72. The summed E-state index contributed by atoms with van der Waals surface area (Å²) in [4.78, 5) is 12.9. The number of rotatable bonds is 4. The zero-order valence-corrected chi connectivity index (χ0v) is 12.6. The van der Waals surface area contributed by atoms with Crippen molar-refractivity contribution in [3.8, 4) is 0 Å². The SMILES string of the molecule is C[C@@](O)(CNC(=O)c1cc2cccc(F)c2o1)c1cccs1. The number of amides is 1. The molecule has 0 fully saturated rings. The number of nitrogens with one attached hydrogen (secondary N) is 1. The highest BCUT2D eigenvalue weighted by atomic mass is 32.1. The molecule has 114 valence electrons. The summed E-state index contributed by atoms with van der Waals surface area (Å²) in [7, 11) is 0. The number of thiophene rings is 1. The summed E-state index contributed by atoms with van der Waals surface area (Å²) in [5, 5.41) is 15.3. The highest BCUT2D eigenvalue weighted by Gasteiger charge is 2.26. The van der Waals surface area contributed by atoms with Gasteiger partial charge in [0.15, 0.2) is 17.2 Å². The van der Waals surface area contributed by atoms with Gasteiger partial charge < -0.3 is 14.8 Å². The second-order valence-electron chi connectivity index (χ2n) is 5.20. The lowest BCUT2D eigenvalue weighted by Gasteiger charge is -2.21. The quantitative estimate of drug-likeness (QED) is 0.776. The Hall–Kier alpha value is -2.18. The van der Waals surface area contributed by atoms with Crippen LogP contribution in [0.4, 0.5) is 4.39 Å². The molecule has 22 heavy (non-hydrogen) atoms. The first-order chi connectivity index (χ1) is 10.5. The topological polar surface area (TPSA) is 62.5 Å². The van der Waals surface area contributed by atoms with Crippen LogP contribution in [0.5, 0.6) is 0 Å². The smallest absolute Gasteiger partial charge is 0.287 e. The van der Waals surface area contributed by atoms with E-state index < -0.39 is 17.3 Å². The molecule has 3 rings (SSSR count). The lowest BCUT2D eigenvalue weighted by molar-refractivity contribution is 0.0549. The van der Waals surface area contributed by atoms with Gasteiger partial charge in [0, 0.05) is 10.3 Å². The molecule has 0 spiro atoms. The van der Waals surface area contributed by atoms with Gasteiger partial charge in [0.25, 0.3) is 5.91 Å². The average Bonchev–Trinajstić information content (AvgIpc) is 3.14. The number of furan rings is 1. The number of hydrogen-bond donors (Lipinski definition) is 2. The van der Waals surface area contributed by atoms with Crippen molar-refractivity contribution in [3.05, 3.63) is 58.2 Å². The second-order valence-corrected chi connectivity index (χ2v) is 6.15. The Morgan fingerprint density at radius 3 is 2.91 bits per heavy atom. The van der Waals surface area contributed by atoms with Gasteiger partial charge in [0.1, 0.15) is 5.60 Å². The fraction of sp³-hybridized carbons (Fsp3) is 0.188. The molecule has 0 bridgehead atoms. The molecule has 1 aromatic carbocycles. The van der Waals surface area contributed by atoms with Gasteiger partial charge in [-0.15, -0.1) is 11.3 Å². The Balaban J connectivity index is 1.75. The van der Waals surface area contributed by atoms with E-state index in [-0.39, 0.29) is 17.9 Å². The lowest BCUT2D eigenvalue weighted by atomic mass is 10.1. The van der Waals surface area contributed by atoms with Crippen molar-refractivity contribution >= 4 is 28.2 Å². The first-order valence-corrected chi connectivity index (χ1v) is 7.58. The van der Waals surface area contributed by atoms with Gasteiger partial charge in [0.2, 0.25) is 0 Å². The van der Waals surface area contributed by atoms with Gasteiger partial charge >= 0.3 is 0 Å². The summed E-state index contributed by atoms with van der Waals surface area (Å²) in [6.07, 6.45) is 0. The van der Waals surface area contributed by atoms with Crippen LogP contribution < -0.4 is 5.32 Å². The molecule has 2 N–H and O–H groups in total. The molecule has 4 nitrogen and oxygen atoms in total. The first-order valence-electron chi connectivity index (χ1n) is 6.70. The standard InChI is InChI=1S/C16H14FNO3S/c1-16(20,13-6-3-7-22-13)9-18-15(19)12-8-10-4-2-5-11(17)14(10)21-12/h2-8,20H,9H2,1H3,(H,18,19)/t16-/m1/s1. The van der Waals surface area contributed by atoms with Crippen LogP contribution in [-0.2, 0) is 5.60 Å². The summed E-state index contributed by atoms with van der Waals surface area (Å²) < 4.78 is 18.8. The van der Waals surface area contributed by atoms with Crippen LogP contribution in [0.3, 0.4) is 0 Å². The third-order valence-corrected chi connectivity index (χ3v) is 4.49. The number of carbonyl (C=O) groups excluding carboxylic acids is 1. The monoisotopic (exact) mass is 319 g/mol. The summed E-state index contributed by atoms with van der Waals surface area (Å²) in [5.41, 5.74) is -1.11. The van der Waals surface area contributed by atoms with Crippen molar-refractivity contribution in [2.75, 3.05) is 6.54 Å². The molecule has 1 atom stereocenters. The normalized spacial score (nSPS) is 14.0. The summed E-state index contributed by atoms with van der Waals surface area (Å²) in [5.74, 6) is -0.989. The molecule has 0 aliphatic carbocycles. The van der Waals surface area contributed by atoms with Gasteiger partial charge in [-0.05, 0) is 30.5 Å². The number of benzene rings is 1. The molecule has 1 amide bonds. The van der Waals surface area contributed by atoms with E-state index in [0.29, 0.717) is 5.39 Å². The molecule has 0 saturated carbocycles. The van der Waals surface area contributed by atoms with Crippen molar-refractivity contribution in [1.29, 1.82) is 0 Å². The molecule has 0 unspecified atom stereocenters. The average molecular weight is 319 g/mol. The van der Waals surface area contributed by atoms with E-state index >= 15 is 0 Å². The molecular weight excluding hydrogens is 305 g/mol. The van der Waals surface area contributed by atoms with E-state index in [1.165, 1.54) is 23.5 Å². The van der Waals surface area contributed by atoms with Crippen LogP contribution >= 0.6 is 11.3 Å². The molecule has 0 radical (unpaired) electrons. The van der Waals surface area contributed by atoms with Crippen molar-refractivity contribution in [1.82, 2.24) is 5.32 Å².